The summed E-state index contributed by atoms with van der Waals surface area (Å²) in [6, 6.07) is 0. The molecule has 0 aliphatic heterocycles. The van der Waals surface area contributed by atoms with Crippen LogP contribution >= 0.6 is 0 Å². The minimum atomic E-state index is -0.245. The normalized spacial score (nSPS) is 13.6. The summed E-state index contributed by atoms with van der Waals surface area (Å²) in [6.07, 6.45) is 31.5. The van der Waals surface area contributed by atoms with E-state index in [2.05, 4.69) is 67.7 Å². The molecule has 0 spiro atoms. The van der Waals surface area contributed by atoms with Crippen LogP contribution in [-0.2, 0) is 14.3 Å². The van der Waals surface area contributed by atoms with Crippen molar-refractivity contribution in [2.24, 2.45) is 0 Å². The van der Waals surface area contributed by atoms with Crippen LogP contribution in [0, 0.1) is 0 Å². The molecule has 0 bridgehead atoms. The number of ether oxygens (including phenoxy) is 2. The number of allylic oxidation sites excluding steroid dienone is 10. The second-order valence-corrected chi connectivity index (χ2v) is 6.91. The second kappa shape index (κ2) is 22.4. The third-order valence-electron chi connectivity index (χ3n) is 4.20. The van der Waals surface area contributed by atoms with Gasteiger partial charge in [-0.1, -0.05) is 74.6 Å². The lowest BCUT2D eigenvalue weighted by Gasteiger charge is -2.15. The van der Waals surface area contributed by atoms with Crippen molar-refractivity contribution in [3.05, 3.63) is 60.8 Å². The first-order valence-corrected chi connectivity index (χ1v) is 11.2. The van der Waals surface area contributed by atoms with Crippen molar-refractivity contribution < 1.29 is 14.3 Å². The molecular weight excluding hydrogens is 360 g/mol. The number of unbranched alkanes of at least 4 members (excludes halogenated alkanes) is 2. The maximum absolute atomic E-state index is 10.8. The first-order valence-electron chi connectivity index (χ1n) is 11.2. The zero-order chi connectivity index (χ0) is 21.4. The standard InChI is InChI=1S/C26H42O3/c1-4-6-7-8-9-10-11-12-13-14-15-16-17-18-19-20-21-22-23-28-26(5-2)24-29-25(3)27/h6-7,9-10,12-13,15-16,18-19,26H,4-5,8,11,14,17,20-24H2,1-3H3/b7-6-,10-9-,13-12-,16-15-,19-18-. The summed E-state index contributed by atoms with van der Waals surface area (Å²) in [7, 11) is 0. The Labute approximate surface area is 179 Å². The Morgan fingerprint density at radius 1 is 0.759 bits per heavy atom. The predicted octanol–water partition coefficient (Wildman–Crippen LogP) is 7.27. The van der Waals surface area contributed by atoms with Crippen LogP contribution < -0.4 is 0 Å². The van der Waals surface area contributed by atoms with E-state index < -0.39 is 0 Å². The number of hydrogen-bond donors (Lipinski definition) is 0. The van der Waals surface area contributed by atoms with Gasteiger partial charge in [0.2, 0.25) is 0 Å². The van der Waals surface area contributed by atoms with E-state index in [0.29, 0.717) is 6.61 Å². The molecule has 3 heteroatoms. The van der Waals surface area contributed by atoms with E-state index in [9.17, 15) is 4.79 Å². The summed E-state index contributed by atoms with van der Waals surface area (Å²) >= 11 is 0. The fourth-order valence-corrected chi connectivity index (χ4v) is 2.48. The summed E-state index contributed by atoms with van der Waals surface area (Å²) < 4.78 is 10.7. The zero-order valence-corrected chi connectivity index (χ0v) is 18.9. The predicted molar refractivity (Wildman–Crippen MR) is 125 cm³/mol. The second-order valence-electron chi connectivity index (χ2n) is 6.91. The number of hydrogen-bond acceptors (Lipinski definition) is 3. The summed E-state index contributed by atoms with van der Waals surface area (Å²) in [5.74, 6) is -0.245. The largest absolute Gasteiger partial charge is 0.463 e. The van der Waals surface area contributed by atoms with Crippen LogP contribution in [0.4, 0.5) is 0 Å². The Bertz CT molecular complexity index is 512. The average Bonchev–Trinajstić information content (AvgIpc) is 2.71. The lowest BCUT2D eigenvalue weighted by molar-refractivity contribution is -0.145. The van der Waals surface area contributed by atoms with E-state index in [1.807, 2.05) is 6.92 Å². The Balaban J connectivity index is 3.53. The van der Waals surface area contributed by atoms with Gasteiger partial charge in [-0.3, -0.25) is 4.79 Å². The van der Waals surface area contributed by atoms with Crippen molar-refractivity contribution in [3.8, 4) is 0 Å². The molecule has 0 fully saturated rings. The van der Waals surface area contributed by atoms with Gasteiger partial charge in [-0.2, -0.15) is 0 Å². The number of carbonyl (C=O) groups excluding carboxylic acids is 1. The highest BCUT2D eigenvalue weighted by Gasteiger charge is 2.07. The van der Waals surface area contributed by atoms with Crippen LogP contribution in [-0.4, -0.2) is 25.3 Å². The smallest absolute Gasteiger partial charge is 0.302 e. The van der Waals surface area contributed by atoms with Gasteiger partial charge in [0.1, 0.15) is 6.61 Å². The molecule has 0 radical (unpaired) electrons. The molecule has 29 heavy (non-hydrogen) atoms. The van der Waals surface area contributed by atoms with Gasteiger partial charge in [0.15, 0.2) is 0 Å². The van der Waals surface area contributed by atoms with Crippen LogP contribution in [0.15, 0.2) is 60.8 Å². The van der Waals surface area contributed by atoms with Crippen LogP contribution in [0.25, 0.3) is 0 Å². The lowest BCUT2D eigenvalue weighted by atomic mass is 10.2. The van der Waals surface area contributed by atoms with Gasteiger partial charge in [0.05, 0.1) is 6.10 Å². The Morgan fingerprint density at radius 2 is 1.28 bits per heavy atom. The molecule has 0 aromatic carbocycles. The first kappa shape index (κ1) is 27.1. The van der Waals surface area contributed by atoms with E-state index >= 15 is 0 Å². The molecule has 0 aromatic rings. The summed E-state index contributed by atoms with van der Waals surface area (Å²) in [5.41, 5.74) is 0. The van der Waals surface area contributed by atoms with Crippen molar-refractivity contribution in [2.75, 3.05) is 13.2 Å². The fourth-order valence-electron chi connectivity index (χ4n) is 2.48. The SMILES string of the molecule is CC/C=C\C/C=C\C/C=C\C/C=C\C/C=C\CCCCOC(CC)COC(C)=O. The maximum atomic E-state index is 10.8. The van der Waals surface area contributed by atoms with E-state index in [4.69, 9.17) is 9.47 Å². The third-order valence-corrected chi connectivity index (χ3v) is 4.20. The van der Waals surface area contributed by atoms with Gasteiger partial charge in [-0.15, -0.1) is 0 Å². The highest BCUT2D eigenvalue weighted by Crippen LogP contribution is 2.04. The van der Waals surface area contributed by atoms with E-state index in [-0.39, 0.29) is 12.1 Å². The van der Waals surface area contributed by atoms with Crippen molar-refractivity contribution in [1.82, 2.24) is 0 Å². The number of carbonyl (C=O) groups is 1. The highest BCUT2D eigenvalue weighted by atomic mass is 16.6. The molecular formula is C26H42O3. The molecule has 0 saturated carbocycles. The average molecular weight is 403 g/mol. The molecule has 0 N–H and O–H groups in total. The van der Waals surface area contributed by atoms with Gasteiger partial charge >= 0.3 is 5.97 Å². The van der Waals surface area contributed by atoms with E-state index in [1.54, 1.807) is 0 Å². The van der Waals surface area contributed by atoms with Gasteiger partial charge in [0.25, 0.3) is 0 Å². The zero-order valence-electron chi connectivity index (χ0n) is 18.9. The molecule has 164 valence electrons. The van der Waals surface area contributed by atoms with E-state index in [1.165, 1.54) is 6.92 Å². The topological polar surface area (TPSA) is 35.5 Å². The maximum Gasteiger partial charge on any atom is 0.302 e. The number of rotatable bonds is 18. The van der Waals surface area contributed by atoms with Crippen LogP contribution in [0.2, 0.25) is 0 Å². The molecule has 0 aromatic heterocycles. The lowest BCUT2D eigenvalue weighted by Crippen LogP contribution is -2.21. The van der Waals surface area contributed by atoms with Gasteiger partial charge in [-0.25, -0.2) is 0 Å². The molecule has 0 amide bonds. The molecule has 1 atom stereocenters. The van der Waals surface area contributed by atoms with Crippen molar-refractivity contribution >= 4 is 5.97 Å². The molecule has 1 unspecified atom stereocenters. The van der Waals surface area contributed by atoms with Crippen molar-refractivity contribution in [3.63, 3.8) is 0 Å². The van der Waals surface area contributed by atoms with Gasteiger partial charge < -0.3 is 9.47 Å². The Hall–Kier alpha value is -1.87. The molecule has 0 saturated heterocycles. The molecule has 0 aliphatic carbocycles. The third kappa shape index (κ3) is 22.3. The monoisotopic (exact) mass is 402 g/mol. The van der Waals surface area contributed by atoms with Crippen LogP contribution in [0.5, 0.6) is 0 Å². The highest BCUT2D eigenvalue weighted by molar-refractivity contribution is 5.65. The Kier molecular flexibility index (Phi) is 21.0. The van der Waals surface area contributed by atoms with Crippen LogP contribution in [0.3, 0.4) is 0 Å². The molecule has 0 aliphatic rings. The Morgan fingerprint density at radius 3 is 1.76 bits per heavy atom. The number of esters is 1. The summed E-state index contributed by atoms with van der Waals surface area (Å²) in [6.45, 7) is 6.72. The quantitative estimate of drug-likeness (QED) is 0.137. The summed E-state index contributed by atoms with van der Waals surface area (Å²) in [5, 5.41) is 0. The molecule has 3 nitrogen and oxygen atoms in total. The van der Waals surface area contributed by atoms with Gasteiger partial charge in [0, 0.05) is 13.5 Å². The van der Waals surface area contributed by atoms with E-state index in [0.717, 1.165) is 64.4 Å². The minimum absolute atomic E-state index is 0.0209. The van der Waals surface area contributed by atoms with Crippen molar-refractivity contribution in [2.45, 2.75) is 84.7 Å². The van der Waals surface area contributed by atoms with Crippen LogP contribution in [0.1, 0.15) is 78.6 Å². The fraction of sp³-hybridized carbons (Fsp3) is 0.577. The van der Waals surface area contributed by atoms with Gasteiger partial charge in [-0.05, 0) is 57.8 Å². The first-order chi connectivity index (χ1) is 14.2. The minimum Gasteiger partial charge on any atom is -0.463 e. The summed E-state index contributed by atoms with van der Waals surface area (Å²) in [4.78, 5) is 10.8. The molecule has 0 heterocycles. The molecule has 0 rings (SSSR count). The van der Waals surface area contributed by atoms with Crippen molar-refractivity contribution in [1.29, 1.82) is 0 Å².